The van der Waals surface area contributed by atoms with Crippen molar-refractivity contribution in [2.24, 2.45) is 0 Å². The number of carbonyl (C=O) groups is 1. The van der Waals surface area contributed by atoms with Gasteiger partial charge < -0.3 is 15.5 Å². The standard InChI is InChI=1S/C17H19ClN4OS/c18-14-7-12(3-4-15(14)22-6-5-19-16(23)9-22)20-8-13-10-24-17(21-13)11-1-2-11/h3-4,7,10-11,20H,1-2,5-6,8-9H2,(H,19,23). The van der Waals surface area contributed by atoms with Crippen LogP contribution in [-0.4, -0.2) is 30.5 Å². The molecule has 5 nitrogen and oxygen atoms in total. The summed E-state index contributed by atoms with van der Waals surface area (Å²) >= 11 is 8.18. The number of amides is 1. The minimum Gasteiger partial charge on any atom is -0.379 e. The number of thiazole rings is 1. The minimum absolute atomic E-state index is 0.0366. The van der Waals surface area contributed by atoms with Crippen LogP contribution in [0.3, 0.4) is 0 Å². The molecule has 4 rings (SSSR count). The number of halogens is 1. The van der Waals surface area contributed by atoms with E-state index in [1.54, 1.807) is 11.3 Å². The van der Waals surface area contributed by atoms with E-state index in [9.17, 15) is 4.79 Å². The molecule has 2 N–H and O–H groups in total. The van der Waals surface area contributed by atoms with Crippen molar-refractivity contribution in [2.45, 2.75) is 25.3 Å². The van der Waals surface area contributed by atoms with Gasteiger partial charge in [0, 0.05) is 30.1 Å². The Morgan fingerprint density at radius 1 is 1.42 bits per heavy atom. The Bertz CT molecular complexity index is 759. The summed E-state index contributed by atoms with van der Waals surface area (Å²) in [6.45, 7) is 2.49. The Labute approximate surface area is 150 Å². The van der Waals surface area contributed by atoms with Crippen LogP contribution >= 0.6 is 22.9 Å². The fourth-order valence-corrected chi connectivity index (χ4v) is 4.12. The predicted octanol–water partition coefficient (Wildman–Crippen LogP) is 3.22. The Kier molecular flexibility index (Phi) is 4.33. The first-order valence-electron chi connectivity index (χ1n) is 8.18. The molecule has 1 aliphatic heterocycles. The van der Waals surface area contributed by atoms with Gasteiger partial charge in [-0.1, -0.05) is 11.6 Å². The van der Waals surface area contributed by atoms with E-state index in [2.05, 4.69) is 21.0 Å². The lowest BCUT2D eigenvalue weighted by atomic mass is 10.2. The van der Waals surface area contributed by atoms with Crippen molar-refractivity contribution < 1.29 is 4.79 Å². The molecule has 2 fully saturated rings. The number of aromatic nitrogens is 1. The highest BCUT2D eigenvalue weighted by Crippen LogP contribution is 2.41. The van der Waals surface area contributed by atoms with Gasteiger partial charge in [0.15, 0.2) is 0 Å². The summed E-state index contributed by atoms with van der Waals surface area (Å²) in [7, 11) is 0. The molecular weight excluding hydrogens is 344 g/mol. The topological polar surface area (TPSA) is 57.3 Å². The Morgan fingerprint density at radius 2 is 2.29 bits per heavy atom. The summed E-state index contributed by atoms with van der Waals surface area (Å²) in [6.07, 6.45) is 2.57. The second-order valence-corrected chi connectivity index (χ2v) is 7.54. The van der Waals surface area contributed by atoms with E-state index in [4.69, 9.17) is 11.6 Å². The third kappa shape index (κ3) is 3.49. The molecule has 2 heterocycles. The first-order valence-corrected chi connectivity index (χ1v) is 9.44. The number of hydrogen-bond acceptors (Lipinski definition) is 5. The van der Waals surface area contributed by atoms with E-state index in [1.165, 1.54) is 17.8 Å². The highest BCUT2D eigenvalue weighted by Gasteiger charge is 2.26. The van der Waals surface area contributed by atoms with E-state index in [1.807, 2.05) is 23.1 Å². The van der Waals surface area contributed by atoms with E-state index in [-0.39, 0.29) is 5.91 Å². The normalized spacial score (nSPS) is 17.7. The van der Waals surface area contributed by atoms with Crippen LogP contribution < -0.4 is 15.5 Å². The zero-order valence-electron chi connectivity index (χ0n) is 13.2. The largest absolute Gasteiger partial charge is 0.379 e. The number of hydrogen-bond donors (Lipinski definition) is 2. The van der Waals surface area contributed by atoms with Gasteiger partial charge in [-0.3, -0.25) is 4.79 Å². The number of piperazine rings is 1. The molecule has 1 aromatic heterocycles. The van der Waals surface area contributed by atoms with Crippen molar-refractivity contribution in [1.82, 2.24) is 10.3 Å². The third-order valence-electron chi connectivity index (χ3n) is 4.30. The van der Waals surface area contributed by atoms with Crippen molar-refractivity contribution in [1.29, 1.82) is 0 Å². The average molecular weight is 363 g/mol. The van der Waals surface area contributed by atoms with Gasteiger partial charge in [0.1, 0.15) is 0 Å². The van der Waals surface area contributed by atoms with Crippen LogP contribution in [0.2, 0.25) is 5.02 Å². The van der Waals surface area contributed by atoms with Gasteiger partial charge >= 0.3 is 0 Å². The number of benzene rings is 1. The second-order valence-electron chi connectivity index (χ2n) is 6.24. The molecule has 0 atom stereocenters. The highest BCUT2D eigenvalue weighted by molar-refractivity contribution is 7.09. The SMILES string of the molecule is O=C1CN(c2ccc(NCc3csc(C4CC4)n3)cc2Cl)CCN1. The molecule has 1 saturated heterocycles. The zero-order valence-corrected chi connectivity index (χ0v) is 14.8. The van der Waals surface area contributed by atoms with Crippen molar-refractivity contribution in [3.8, 4) is 0 Å². The number of nitrogens with zero attached hydrogens (tertiary/aromatic N) is 2. The summed E-state index contributed by atoms with van der Waals surface area (Å²) in [5, 5.41) is 10.3. The predicted molar refractivity (Wildman–Crippen MR) is 98.1 cm³/mol. The molecule has 126 valence electrons. The molecular formula is C17H19ClN4OS. The van der Waals surface area contributed by atoms with Crippen molar-refractivity contribution >= 4 is 40.2 Å². The monoisotopic (exact) mass is 362 g/mol. The maximum atomic E-state index is 11.5. The maximum Gasteiger partial charge on any atom is 0.239 e. The van der Waals surface area contributed by atoms with Gasteiger partial charge in [-0.2, -0.15) is 0 Å². The lowest BCUT2D eigenvalue weighted by molar-refractivity contribution is -0.120. The first kappa shape index (κ1) is 15.7. The van der Waals surface area contributed by atoms with E-state index in [0.717, 1.165) is 23.6 Å². The Balaban J connectivity index is 1.40. The highest BCUT2D eigenvalue weighted by atomic mass is 35.5. The van der Waals surface area contributed by atoms with Crippen LogP contribution in [0, 0.1) is 0 Å². The zero-order chi connectivity index (χ0) is 16.5. The fraction of sp³-hybridized carbons (Fsp3) is 0.412. The summed E-state index contributed by atoms with van der Waals surface area (Å²) in [6, 6.07) is 5.89. The molecule has 1 aliphatic carbocycles. The lowest BCUT2D eigenvalue weighted by Crippen LogP contribution is -2.47. The van der Waals surface area contributed by atoms with Gasteiger partial charge in [-0.25, -0.2) is 4.98 Å². The molecule has 7 heteroatoms. The van der Waals surface area contributed by atoms with Gasteiger partial charge in [-0.15, -0.1) is 11.3 Å². The van der Waals surface area contributed by atoms with E-state index < -0.39 is 0 Å². The van der Waals surface area contributed by atoms with Crippen LogP contribution in [0.25, 0.3) is 0 Å². The number of nitrogens with one attached hydrogen (secondary N) is 2. The van der Waals surface area contributed by atoms with Crippen molar-refractivity contribution in [2.75, 3.05) is 29.9 Å². The molecule has 2 aromatic rings. The molecule has 1 saturated carbocycles. The van der Waals surface area contributed by atoms with Crippen LogP contribution in [0.1, 0.15) is 29.5 Å². The average Bonchev–Trinajstić information content (AvgIpc) is 3.32. The molecule has 0 radical (unpaired) electrons. The molecule has 0 spiro atoms. The molecule has 0 unspecified atom stereocenters. The smallest absolute Gasteiger partial charge is 0.239 e. The molecule has 2 aliphatic rings. The maximum absolute atomic E-state index is 11.5. The third-order valence-corrected chi connectivity index (χ3v) is 5.66. The van der Waals surface area contributed by atoms with Crippen LogP contribution in [0.4, 0.5) is 11.4 Å². The van der Waals surface area contributed by atoms with Gasteiger partial charge in [0.2, 0.25) is 5.91 Å². The molecule has 0 bridgehead atoms. The van der Waals surface area contributed by atoms with Crippen molar-refractivity contribution in [3.05, 3.63) is 39.3 Å². The summed E-state index contributed by atoms with van der Waals surface area (Å²) in [5.41, 5.74) is 2.95. The fourth-order valence-electron chi connectivity index (χ4n) is 2.83. The van der Waals surface area contributed by atoms with Crippen LogP contribution in [0.15, 0.2) is 23.6 Å². The van der Waals surface area contributed by atoms with Gasteiger partial charge in [-0.05, 0) is 31.0 Å². The second kappa shape index (κ2) is 6.61. The van der Waals surface area contributed by atoms with Gasteiger partial charge in [0.05, 0.1) is 34.5 Å². The Hall–Kier alpha value is -1.79. The Morgan fingerprint density at radius 3 is 3.04 bits per heavy atom. The summed E-state index contributed by atoms with van der Waals surface area (Å²) in [4.78, 5) is 18.2. The van der Waals surface area contributed by atoms with E-state index in [0.29, 0.717) is 30.6 Å². The minimum atomic E-state index is 0.0366. The first-order chi connectivity index (χ1) is 11.7. The van der Waals surface area contributed by atoms with Crippen LogP contribution in [-0.2, 0) is 11.3 Å². The number of anilines is 2. The quantitative estimate of drug-likeness (QED) is 0.857. The molecule has 1 amide bonds. The number of carbonyl (C=O) groups excluding carboxylic acids is 1. The molecule has 1 aromatic carbocycles. The lowest BCUT2D eigenvalue weighted by Gasteiger charge is -2.29. The van der Waals surface area contributed by atoms with Crippen LogP contribution in [0.5, 0.6) is 0 Å². The van der Waals surface area contributed by atoms with Gasteiger partial charge in [0.25, 0.3) is 0 Å². The van der Waals surface area contributed by atoms with Crippen molar-refractivity contribution in [3.63, 3.8) is 0 Å². The molecule has 24 heavy (non-hydrogen) atoms. The number of rotatable bonds is 5. The van der Waals surface area contributed by atoms with E-state index >= 15 is 0 Å². The summed E-state index contributed by atoms with van der Waals surface area (Å²) in [5.74, 6) is 0.744. The summed E-state index contributed by atoms with van der Waals surface area (Å²) < 4.78 is 0.